The number of likely N-dealkylation sites (tertiary alicyclic amines) is 1. The summed E-state index contributed by atoms with van der Waals surface area (Å²) in [6, 6.07) is 5.86. The molecule has 144 valence electrons. The zero-order valence-electron chi connectivity index (χ0n) is 14.9. The Bertz CT molecular complexity index is 885. The average molecular weight is 379 g/mol. The molecule has 2 heterocycles. The van der Waals surface area contributed by atoms with Gasteiger partial charge in [0, 0.05) is 38.7 Å². The number of benzene rings is 1. The minimum Gasteiger partial charge on any atom is -0.342 e. The number of carbonyl (C=O) groups is 1. The van der Waals surface area contributed by atoms with Gasteiger partial charge >= 0.3 is 0 Å². The Hall–Kier alpha value is -2.64. The Morgan fingerprint density at radius 1 is 1.15 bits per heavy atom. The van der Waals surface area contributed by atoms with Crippen LogP contribution in [0.3, 0.4) is 0 Å². The van der Waals surface area contributed by atoms with Gasteiger partial charge in [0.2, 0.25) is 5.91 Å². The fourth-order valence-electron chi connectivity index (χ4n) is 3.32. The summed E-state index contributed by atoms with van der Waals surface area (Å²) in [5, 5.41) is 4.02. The molecule has 8 heteroatoms. The first-order valence-electron chi connectivity index (χ1n) is 8.69. The average Bonchev–Trinajstić information content (AvgIpc) is 2.57. The second kappa shape index (κ2) is 7.54. The topological polar surface area (TPSA) is 55.2 Å². The van der Waals surface area contributed by atoms with E-state index >= 15 is 4.39 Å². The Balaban J connectivity index is 1.59. The highest BCUT2D eigenvalue weighted by Gasteiger charge is 2.36. The molecule has 0 spiro atoms. The first-order valence-corrected chi connectivity index (χ1v) is 8.69. The van der Waals surface area contributed by atoms with Gasteiger partial charge in [-0.15, -0.1) is 0 Å². The molecule has 1 aromatic carbocycles. The van der Waals surface area contributed by atoms with Gasteiger partial charge in [-0.05, 0) is 36.6 Å². The summed E-state index contributed by atoms with van der Waals surface area (Å²) in [4.78, 5) is 25.3. The Morgan fingerprint density at radius 3 is 2.37 bits per heavy atom. The molecule has 1 aliphatic heterocycles. The molecule has 1 saturated heterocycles. The maximum Gasteiger partial charge on any atom is 0.266 e. The second-order valence-electron chi connectivity index (χ2n) is 6.95. The standard InChI is InChI=1S/C19H20F3N3O2/c1-24-17(26)3-2-16(23-24)11-18(27)25-6-4-19(22,5-7-25)12-13-8-14(20)10-15(21)9-13/h2-3,8-10H,4-7,11-12H2,1H3. The van der Waals surface area contributed by atoms with Crippen molar-refractivity contribution in [2.45, 2.75) is 31.4 Å². The molecule has 3 rings (SSSR count). The lowest BCUT2D eigenvalue weighted by Crippen LogP contribution is -2.46. The quantitative estimate of drug-likeness (QED) is 0.818. The molecule has 1 amide bonds. The number of carbonyl (C=O) groups excluding carboxylic acids is 1. The summed E-state index contributed by atoms with van der Waals surface area (Å²) >= 11 is 0. The van der Waals surface area contributed by atoms with Crippen LogP contribution in [0.25, 0.3) is 0 Å². The Labute approximate surface area is 154 Å². The summed E-state index contributed by atoms with van der Waals surface area (Å²) in [6.45, 7) is 0.442. The summed E-state index contributed by atoms with van der Waals surface area (Å²) in [7, 11) is 1.50. The second-order valence-corrected chi connectivity index (χ2v) is 6.95. The summed E-state index contributed by atoms with van der Waals surface area (Å²) < 4.78 is 42.8. The fraction of sp³-hybridized carbons (Fsp3) is 0.421. The van der Waals surface area contributed by atoms with Gasteiger partial charge in [0.25, 0.3) is 5.56 Å². The van der Waals surface area contributed by atoms with Gasteiger partial charge in [-0.2, -0.15) is 5.10 Å². The predicted octanol–water partition coefficient (Wildman–Crippen LogP) is 2.17. The van der Waals surface area contributed by atoms with E-state index in [-0.39, 0.29) is 55.8 Å². The molecule has 2 aromatic rings. The van der Waals surface area contributed by atoms with Crippen molar-refractivity contribution < 1.29 is 18.0 Å². The number of hydrogen-bond donors (Lipinski definition) is 0. The monoisotopic (exact) mass is 379 g/mol. The number of piperidine rings is 1. The van der Waals surface area contributed by atoms with Crippen molar-refractivity contribution in [2.75, 3.05) is 13.1 Å². The number of aryl methyl sites for hydroxylation is 1. The van der Waals surface area contributed by atoms with Gasteiger partial charge < -0.3 is 4.90 Å². The van der Waals surface area contributed by atoms with Gasteiger partial charge in [0.15, 0.2) is 0 Å². The SMILES string of the molecule is Cn1nc(CC(=O)N2CCC(F)(Cc3cc(F)cc(F)c3)CC2)ccc1=O. The maximum absolute atomic E-state index is 15.0. The molecule has 0 unspecified atom stereocenters. The first-order chi connectivity index (χ1) is 12.7. The van der Waals surface area contributed by atoms with Crippen LogP contribution in [0.5, 0.6) is 0 Å². The Morgan fingerprint density at radius 2 is 1.78 bits per heavy atom. The highest BCUT2D eigenvalue weighted by atomic mass is 19.1. The molecule has 0 aliphatic carbocycles. The molecule has 0 atom stereocenters. The first kappa shape index (κ1) is 19.1. The molecule has 0 saturated carbocycles. The zero-order chi connectivity index (χ0) is 19.6. The highest BCUT2D eigenvalue weighted by molar-refractivity contribution is 5.78. The van der Waals surface area contributed by atoms with Crippen LogP contribution in [0.15, 0.2) is 35.1 Å². The number of nitrogens with zero attached hydrogens (tertiary/aromatic N) is 3. The van der Waals surface area contributed by atoms with E-state index in [1.165, 1.54) is 19.2 Å². The lowest BCUT2D eigenvalue weighted by atomic mass is 9.87. The molecule has 0 bridgehead atoms. The van der Waals surface area contributed by atoms with Crippen LogP contribution in [0.4, 0.5) is 13.2 Å². The van der Waals surface area contributed by atoms with Crippen molar-refractivity contribution in [1.29, 1.82) is 0 Å². The predicted molar refractivity (Wildman–Crippen MR) is 92.9 cm³/mol. The number of amides is 1. The normalized spacial score (nSPS) is 16.4. The lowest BCUT2D eigenvalue weighted by molar-refractivity contribution is -0.133. The highest BCUT2D eigenvalue weighted by Crippen LogP contribution is 2.31. The van der Waals surface area contributed by atoms with Crippen LogP contribution >= 0.6 is 0 Å². The number of aromatic nitrogens is 2. The third-order valence-electron chi connectivity index (χ3n) is 4.80. The number of hydrogen-bond acceptors (Lipinski definition) is 3. The van der Waals surface area contributed by atoms with Crippen LogP contribution in [0.1, 0.15) is 24.1 Å². The molecule has 0 N–H and O–H groups in total. The van der Waals surface area contributed by atoms with E-state index in [0.29, 0.717) is 5.69 Å². The van der Waals surface area contributed by atoms with Crippen LogP contribution < -0.4 is 5.56 Å². The van der Waals surface area contributed by atoms with Gasteiger partial charge in [-0.25, -0.2) is 17.9 Å². The van der Waals surface area contributed by atoms with Gasteiger partial charge in [0.1, 0.15) is 17.3 Å². The van der Waals surface area contributed by atoms with Gasteiger partial charge in [0.05, 0.1) is 12.1 Å². The molecule has 1 aromatic heterocycles. The van der Waals surface area contributed by atoms with Crippen molar-refractivity contribution in [3.05, 3.63) is 63.6 Å². The van der Waals surface area contributed by atoms with E-state index in [0.717, 1.165) is 22.9 Å². The van der Waals surface area contributed by atoms with Crippen LogP contribution in [0, 0.1) is 11.6 Å². The Kier molecular flexibility index (Phi) is 5.34. The van der Waals surface area contributed by atoms with Crippen molar-refractivity contribution in [1.82, 2.24) is 14.7 Å². The van der Waals surface area contributed by atoms with Crippen LogP contribution in [0.2, 0.25) is 0 Å². The van der Waals surface area contributed by atoms with Gasteiger partial charge in [-0.1, -0.05) is 0 Å². The van der Waals surface area contributed by atoms with Crippen molar-refractivity contribution in [3.63, 3.8) is 0 Å². The summed E-state index contributed by atoms with van der Waals surface area (Å²) in [5.74, 6) is -1.66. The minimum absolute atomic E-state index is 0.0303. The number of halogens is 3. The number of rotatable bonds is 4. The third-order valence-corrected chi connectivity index (χ3v) is 4.80. The zero-order valence-corrected chi connectivity index (χ0v) is 14.9. The molecular formula is C19H20F3N3O2. The fourth-order valence-corrected chi connectivity index (χ4v) is 3.32. The molecule has 5 nitrogen and oxygen atoms in total. The van der Waals surface area contributed by atoms with Crippen LogP contribution in [-0.4, -0.2) is 39.3 Å². The van der Waals surface area contributed by atoms with E-state index in [1.54, 1.807) is 4.90 Å². The maximum atomic E-state index is 15.0. The van der Waals surface area contributed by atoms with Crippen molar-refractivity contribution in [2.24, 2.45) is 7.05 Å². The largest absolute Gasteiger partial charge is 0.342 e. The minimum atomic E-state index is -1.61. The van der Waals surface area contributed by atoms with Crippen molar-refractivity contribution >= 4 is 5.91 Å². The van der Waals surface area contributed by atoms with Gasteiger partial charge in [-0.3, -0.25) is 9.59 Å². The lowest BCUT2D eigenvalue weighted by Gasteiger charge is -2.36. The van der Waals surface area contributed by atoms with E-state index < -0.39 is 17.3 Å². The molecular weight excluding hydrogens is 359 g/mol. The molecule has 27 heavy (non-hydrogen) atoms. The van der Waals surface area contributed by atoms with Crippen LogP contribution in [-0.2, 0) is 24.7 Å². The van der Waals surface area contributed by atoms with E-state index in [9.17, 15) is 18.4 Å². The summed E-state index contributed by atoms with van der Waals surface area (Å²) in [5.41, 5.74) is -1.13. The molecule has 1 fully saturated rings. The third kappa shape index (κ3) is 4.75. The van der Waals surface area contributed by atoms with E-state index in [1.807, 2.05) is 0 Å². The summed E-state index contributed by atoms with van der Waals surface area (Å²) in [6.07, 6.45) is 0.129. The van der Waals surface area contributed by atoms with Crippen molar-refractivity contribution in [3.8, 4) is 0 Å². The smallest absolute Gasteiger partial charge is 0.266 e. The molecule has 1 aliphatic rings. The van der Waals surface area contributed by atoms with E-state index in [4.69, 9.17) is 0 Å². The number of alkyl halides is 1. The van der Waals surface area contributed by atoms with E-state index in [2.05, 4.69) is 5.10 Å². The molecule has 0 radical (unpaired) electrons.